The lowest BCUT2D eigenvalue weighted by molar-refractivity contribution is -0.120. The van der Waals surface area contributed by atoms with Crippen molar-refractivity contribution in [1.82, 2.24) is 5.43 Å². The molecule has 0 aliphatic rings. The van der Waals surface area contributed by atoms with Gasteiger partial charge in [-0.15, -0.1) is 11.3 Å². The first-order valence-electron chi connectivity index (χ1n) is 5.76. The summed E-state index contributed by atoms with van der Waals surface area (Å²) < 4.78 is 5.46. The summed E-state index contributed by atoms with van der Waals surface area (Å²) in [7, 11) is 3.78. The van der Waals surface area contributed by atoms with Crippen molar-refractivity contribution in [2.75, 3.05) is 19.0 Å². The van der Waals surface area contributed by atoms with Crippen LogP contribution < -0.4 is 10.3 Å². The molecule has 5 nitrogen and oxygen atoms in total. The molecule has 6 heteroatoms. The number of nitrogens with zero attached hydrogens (tertiary/aromatic N) is 2. The van der Waals surface area contributed by atoms with Gasteiger partial charge in [0.15, 0.2) is 5.88 Å². The van der Waals surface area contributed by atoms with Gasteiger partial charge in [-0.1, -0.05) is 6.07 Å². The Bertz CT molecular complexity index is 558. The minimum absolute atomic E-state index is 0.141. The summed E-state index contributed by atoms with van der Waals surface area (Å²) in [4.78, 5) is 14.4. The molecule has 0 saturated heterocycles. The number of carbonyl (C=O) groups excluding carboxylic acids is 1. The van der Waals surface area contributed by atoms with Crippen LogP contribution in [0.15, 0.2) is 39.2 Å². The van der Waals surface area contributed by atoms with E-state index in [0.29, 0.717) is 12.2 Å². The molecule has 100 valence electrons. The van der Waals surface area contributed by atoms with Crippen molar-refractivity contribution in [3.63, 3.8) is 0 Å². The zero-order valence-electron chi connectivity index (χ0n) is 10.8. The number of carbonyl (C=O) groups is 1. The second kappa shape index (κ2) is 6.19. The Morgan fingerprint density at radius 3 is 2.95 bits per heavy atom. The fourth-order valence-corrected chi connectivity index (χ4v) is 2.13. The predicted molar refractivity (Wildman–Crippen MR) is 76.8 cm³/mol. The van der Waals surface area contributed by atoms with E-state index in [1.54, 1.807) is 17.4 Å². The predicted octanol–water partition coefficient (Wildman–Crippen LogP) is 2.10. The average Bonchev–Trinajstić information content (AvgIpc) is 3.00. The van der Waals surface area contributed by atoms with Crippen LogP contribution in [-0.4, -0.2) is 26.2 Å². The van der Waals surface area contributed by atoms with Gasteiger partial charge in [0.05, 0.1) is 12.6 Å². The number of anilines is 1. The number of rotatable bonds is 5. The Labute approximate surface area is 115 Å². The molecule has 1 N–H and O–H groups in total. The molecule has 2 aromatic rings. The average molecular weight is 277 g/mol. The van der Waals surface area contributed by atoms with Gasteiger partial charge < -0.3 is 9.32 Å². The van der Waals surface area contributed by atoms with Gasteiger partial charge in [0.2, 0.25) is 5.91 Å². The number of thiophene rings is 1. The molecule has 0 aromatic carbocycles. The van der Waals surface area contributed by atoms with Gasteiger partial charge in [-0.05, 0) is 17.5 Å². The van der Waals surface area contributed by atoms with Crippen molar-refractivity contribution in [3.05, 3.63) is 40.3 Å². The molecule has 0 aliphatic heterocycles. The first-order valence-corrected chi connectivity index (χ1v) is 6.64. The van der Waals surface area contributed by atoms with Crippen molar-refractivity contribution < 1.29 is 9.21 Å². The number of hydrogen-bond donors (Lipinski definition) is 1. The Kier molecular flexibility index (Phi) is 4.35. The van der Waals surface area contributed by atoms with Crippen molar-refractivity contribution in [3.8, 4) is 0 Å². The molecule has 0 radical (unpaired) electrons. The Hall–Kier alpha value is -2.08. The standard InChI is InChI=1S/C13H15N3O2S/c1-16(2)13-6-5-10(18-13)9-14-15-12(17)8-11-4-3-7-19-11/h3-7,9H,8H2,1-2H3,(H,15,17)/b14-9+. The van der Waals surface area contributed by atoms with E-state index in [2.05, 4.69) is 10.5 Å². The van der Waals surface area contributed by atoms with E-state index < -0.39 is 0 Å². The number of furan rings is 1. The van der Waals surface area contributed by atoms with Crippen LogP contribution in [0.1, 0.15) is 10.6 Å². The molecule has 0 spiro atoms. The number of amides is 1. The minimum Gasteiger partial charge on any atom is -0.440 e. The van der Waals surface area contributed by atoms with E-state index in [0.717, 1.165) is 10.8 Å². The summed E-state index contributed by atoms with van der Waals surface area (Å²) in [5.74, 6) is 1.20. The van der Waals surface area contributed by atoms with Gasteiger partial charge in [0, 0.05) is 25.0 Å². The molecular formula is C13H15N3O2S. The Morgan fingerprint density at radius 2 is 2.32 bits per heavy atom. The third-order valence-electron chi connectivity index (χ3n) is 2.35. The fourth-order valence-electron chi connectivity index (χ4n) is 1.43. The van der Waals surface area contributed by atoms with Crippen LogP contribution in [-0.2, 0) is 11.2 Å². The lowest BCUT2D eigenvalue weighted by Gasteiger charge is -2.05. The van der Waals surface area contributed by atoms with E-state index in [1.807, 2.05) is 42.6 Å². The number of nitrogens with one attached hydrogen (secondary N) is 1. The quantitative estimate of drug-likeness (QED) is 0.672. The summed E-state index contributed by atoms with van der Waals surface area (Å²) in [5, 5.41) is 5.80. The Morgan fingerprint density at radius 1 is 1.47 bits per heavy atom. The molecule has 0 aliphatic carbocycles. The van der Waals surface area contributed by atoms with Gasteiger partial charge in [0.1, 0.15) is 5.76 Å². The van der Waals surface area contributed by atoms with E-state index in [9.17, 15) is 4.79 Å². The van der Waals surface area contributed by atoms with Crippen LogP contribution in [0.4, 0.5) is 5.88 Å². The first kappa shape index (κ1) is 13.4. The highest BCUT2D eigenvalue weighted by Crippen LogP contribution is 2.14. The van der Waals surface area contributed by atoms with E-state index in [-0.39, 0.29) is 5.91 Å². The molecule has 19 heavy (non-hydrogen) atoms. The third kappa shape index (κ3) is 3.96. The maximum atomic E-state index is 11.6. The summed E-state index contributed by atoms with van der Waals surface area (Å²) in [5.41, 5.74) is 2.47. The van der Waals surface area contributed by atoms with E-state index in [4.69, 9.17) is 4.42 Å². The van der Waals surface area contributed by atoms with Crippen LogP contribution in [0.5, 0.6) is 0 Å². The largest absolute Gasteiger partial charge is 0.440 e. The van der Waals surface area contributed by atoms with Crippen molar-refractivity contribution in [2.45, 2.75) is 6.42 Å². The second-order valence-corrected chi connectivity index (χ2v) is 5.15. The normalized spacial score (nSPS) is 10.8. The zero-order valence-corrected chi connectivity index (χ0v) is 11.6. The molecule has 0 bridgehead atoms. The van der Waals surface area contributed by atoms with Crippen LogP contribution in [0.2, 0.25) is 0 Å². The van der Waals surface area contributed by atoms with Gasteiger partial charge >= 0.3 is 0 Å². The molecule has 2 rings (SSSR count). The van der Waals surface area contributed by atoms with Gasteiger partial charge in [-0.25, -0.2) is 5.43 Å². The van der Waals surface area contributed by atoms with Crippen LogP contribution in [0.3, 0.4) is 0 Å². The van der Waals surface area contributed by atoms with Gasteiger partial charge in [0.25, 0.3) is 0 Å². The maximum Gasteiger partial charge on any atom is 0.245 e. The molecule has 0 atom stereocenters. The van der Waals surface area contributed by atoms with Crippen LogP contribution in [0.25, 0.3) is 0 Å². The minimum atomic E-state index is -0.141. The van der Waals surface area contributed by atoms with Crippen LogP contribution >= 0.6 is 11.3 Å². The second-order valence-electron chi connectivity index (χ2n) is 4.12. The number of hydrazone groups is 1. The summed E-state index contributed by atoms with van der Waals surface area (Å²) >= 11 is 1.55. The molecule has 0 saturated carbocycles. The summed E-state index contributed by atoms with van der Waals surface area (Å²) in [6, 6.07) is 7.48. The lowest BCUT2D eigenvalue weighted by atomic mass is 10.3. The smallest absolute Gasteiger partial charge is 0.245 e. The van der Waals surface area contributed by atoms with Crippen molar-refractivity contribution in [1.29, 1.82) is 0 Å². The first-order chi connectivity index (χ1) is 9.15. The highest BCUT2D eigenvalue weighted by Gasteiger charge is 2.03. The zero-order chi connectivity index (χ0) is 13.7. The lowest BCUT2D eigenvalue weighted by Crippen LogP contribution is -2.19. The van der Waals surface area contributed by atoms with Crippen LogP contribution in [0, 0.1) is 0 Å². The van der Waals surface area contributed by atoms with E-state index in [1.165, 1.54) is 6.21 Å². The van der Waals surface area contributed by atoms with Gasteiger partial charge in [-0.3, -0.25) is 4.79 Å². The molecule has 2 aromatic heterocycles. The highest BCUT2D eigenvalue weighted by atomic mass is 32.1. The molecule has 0 fully saturated rings. The molecule has 1 amide bonds. The SMILES string of the molecule is CN(C)c1ccc(/C=N/NC(=O)Cc2cccs2)o1. The fraction of sp³-hybridized carbons (Fsp3) is 0.231. The molecular weight excluding hydrogens is 262 g/mol. The third-order valence-corrected chi connectivity index (χ3v) is 3.23. The van der Waals surface area contributed by atoms with E-state index >= 15 is 0 Å². The Balaban J connectivity index is 1.83. The van der Waals surface area contributed by atoms with Crippen molar-refractivity contribution >= 4 is 29.3 Å². The van der Waals surface area contributed by atoms with Crippen molar-refractivity contribution in [2.24, 2.45) is 5.10 Å². The molecule has 0 unspecified atom stereocenters. The summed E-state index contributed by atoms with van der Waals surface area (Å²) in [6.07, 6.45) is 1.83. The summed E-state index contributed by atoms with van der Waals surface area (Å²) in [6.45, 7) is 0. The topological polar surface area (TPSA) is 57.8 Å². The number of hydrogen-bond acceptors (Lipinski definition) is 5. The maximum absolute atomic E-state index is 11.6. The monoisotopic (exact) mass is 277 g/mol. The van der Waals surface area contributed by atoms with Gasteiger partial charge in [-0.2, -0.15) is 5.10 Å². The highest BCUT2D eigenvalue weighted by molar-refractivity contribution is 7.10. The molecule has 2 heterocycles.